The molecule has 0 aliphatic rings. The molecule has 2 aromatic carbocycles. The first kappa shape index (κ1) is 19.1. The first-order valence-electron chi connectivity index (χ1n) is 7.80. The SMILES string of the molecule is COC(=O)C(O)C(Sc1cc(C)c(C)cc1N)c1ccc(OC)cc1. The third-order valence-electron chi connectivity index (χ3n) is 4.05. The van der Waals surface area contributed by atoms with Crippen LogP contribution in [0, 0.1) is 13.8 Å². The van der Waals surface area contributed by atoms with Crippen molar-refractivity contribution in [3.63, 3.8) is 0 Å². The Kier molecular flexibility index (Phi) is 6.33. The highest BCUT2D eigenvalue weighted by Crippen LogP contribution is 2.41. The van der Waals surface area contributed by atoms with Gasteiger partial charge in [0.15, 0.2) is 6.10 Å². The number of anilines is 1. The summed E-state index contributed by atoms with van der Waals surface area (Å²) < 4.78 is 9.88. The van der Waals surface area contributed by atoms with Gasteiger partial charge >= 0.3 is 5.97 Å². The summed E-state index contributed by atoms with van der Waals surface area (Å²) in [6.45, 7) is 3.99. The van der Waals surface area contributed by atoms with E-state index in [1.54, 1.807) is 19.2 Å². The summed E-state index contributed by atoms with van der Waals surface area (Å²) >= 11 is 1.34. The molecule has 0 fully saturated rings. The molecule has 2 rings (SSSR count). The topological polar surface area (TPSA) is 81.8 Å². The Morgan fingerprint density at radius 2 is 1.72 bits per heavy atom. The molecule has 5 nitrogen and oxygen atoms in total. The lowest BCUT2D eigenvalue weighted by atomic mass is 10.1. The summed E-state index contributed by atoms with van der Waals surface area (Å²) in [5, 5.41) is 9.91. The standard InChI is InChI=1S/C19H23NO4S/c1-11-9-15(20)16(10-12(11)2)25-18(17(21)19(22)24-4)13-5-7-14(23-3)8-6-13/h5-10,17-18,21H,20H2,1-4H3. The van der Waals surface area contributed by atoms with E-state index in [2.05, 4.69) is 0 Å². The minimum atomic E-state index is -1.32. The summed E-state index contributed by atoms with van der Waals surface area (Å²) in [4.78, 5) is 12.7. The molecule has 6 heteroatoms. The van der Waals surface area contributed by atoms with E-state index >= 15 is 0 Å². The number of aliphatic hydroxyl groups is 1. The molecular weight excluding hydrogens is 338 g/mol. The van der Waals surface area contributed by atoms with Crippen LogP contribution in [0.15, 0.2) is 41.3 Å². The van der Waals surface area contributed by atoms with Gasteiger partial charge in [0, 0.05) is 10.6 Å². The van der Waals surface area contributed by atoms with Crippen molar-refractivity contribution in [3.05, 3.63) is 53.1 Å². The van der Waals surface area contributed by atoms with Crippen LogP contribution >= 0.6 is 11.8 Å². The monoisotopic (exact) mass is 361 g/mol. The molecule has 2 aromatic rings. The van der Waals surface area contributed by atoms with Crippen molar-refractivity contribution >= 4 is 23.4 Å². The van der Waals surface area contributed by atoms with Gasteiger partial charge in [0.1, 0.15) is 5.75 Å². The molecular formula is C19H23NO4S. The number of ether oxygens (including phenoxy) is 2. The van der Waals surface area contributed by atoms with E-state index in [1.165, 1.54) is 18.9 Å². The fraction of sp³-hybridized carbons (Fsp3) is 0.316. The highest BCUT2D eigenvalue weighted by Gasteiger charge is 2.30. The number of aryl methyl sites for hydroxylation is 2. The maximum atomic E-state index is 11.9. The molecule has 0 aromatic heterocycles. The molecule has 0 saturated carbocycles. The molecule has 25 heavy (non-hydrogen) atoms. The number of methoxy groups -OCH3 is 2. The number of rotatable bonds is 6. The average molecular weight is 361 g/mol. The lowest BCUT2D eigenvalue weighted by Crippen LogP contribution is -2.27. The molecule has 134 valence electrons. The average Bonchev–Trinajstić information content (AvgIpc) is 2.62. The molecule has 0 saturated heterocycles. The number of hydrogen-bond donors (Lipinski definition) is 2. The minimum absolute atomic E-state index is 0.553. The van der Waals surface area contributed by atoms with Crippen LogP contribution in [0.3, 0.4) is 0 Å². The maximum Gasteiger partial charge on any atom is 0.336 e. The predicted molar refractivity (Wildman–Crippen MR) is 99.9 cm³/mol. The number of nitrogens with two attached hydrogens (primary N) is 1. The zero-order valence-electron chi connectivity index (χ0n) is 14.8. The number of thioether (sulfide) groups is 1. The van der Waals surface area contributed by atoms with Gasteiger partial charge in [-0.25, -0.2) is 4.79 Å². The van der Waals surface area contributed by atoms with Crippen molar-refractivity contribution in [1.29, 1.82) is 0 Å². The van der Waals surface area contributed by atoms with Crippen LogP contribution in [0.4, 0.5) is 5.69 Å². The van der Waals surface area contributed by atoms with E-state index < -0.39 is 17.3 Å². The van der Waals surface area contributed by atoms with Crippen LogP contribution < -0.4 is 10.5 Å². The van der Waals surface area contributed by atoms with Crippen molar-refractivity contribution in [2.75, 3.05) is 20.0 Å². The van der Waals surface area contributed by atoms with Crippen molar-refractivity contribution in [2.45, 2.75) is 30.1 Å². The summed E-state index contributed by atoms with van der Waals surface area (Å²) in [5.41, 5.74) is 9.71. The van der Waals surface area contributed by atoms with Gasteiger partial charge in [-0.2, -0.15) is 0 Å². The smallest absolute Gasteiger partial charge is 0.336 e. The number of nitrogen functional groups attached to an aromatic ring is 1. The third kappa shape index (κ3) is 4.46. The van der Waals surface area contributed by atoms with Crippen LogP contribution in [0.5, 0.6) is 5.75 Å². The molecule has 0 radical (unpaired) electrons. The quantitative estimate of drug-likeness (QED) is 0.467. The lowest BCUT2D eigenvalue weighted by Gasteiger charge is -2.22. The first-order chi connectivity index (χ1) is 11.9. The molecule has 0 bridgehead atoms. The molecule has 0 spiro atoms. The maximum absolute atomic E-state index is 11.9. The Morgan fingerprint density at radius 3 is 2.28 bits per heavy atom. The predicted octanol–water partition coefficient (Wildman–Crippen LogP) is 3.26. The lowest BCUT2D eigenvalue weighted by molar-refractivity contribution is -0.150. The second-order valence-electron chi connectivity index (χ2n) is 5.75. The first-order valence-corrected chi connectivity index (χ1v) is 8.68. The second-order valence-corrected chi connectivity index (χ2v) is 6.94. The van der Waals surface area contributed by atoms with Gasteiger partial charge in [0.05, 0.1) is 19.5 Å². The van der Waals surface area contributed by atoms with Crippen LogP contribution in [0.2, 0.25) is 0 Å². The van der Waals surface area contributed by atoms with E-state index in [0.29, 0.717) is 11.4 Å². The van der Waals surface area contributed by atoms with Gasteiger partial charge in [0.25, 0.3) is 0 Å². The van der Waals surface area contributed by atoms with E-state index in [-0.39, 0.29) is 0 Å². The van der Waals surface area contributed by atoms with Crippen molar-refractivity contribution in [3.8, 4) is 5.75 Å². The molecule has 2 unspecified atom stereocenters. The number of carbonyl (C=O) groups excluding carboxylic acids is 1. The molecule has 0 aliphatic heterocycles. The Morgan fingerprint density at radius 1 is 1.12 bits per heavy atom. The zero-order chi connectivity index (χ0) is 18.6. The van der Waals surface area contributed by atoms with E-state index in [0.717, 1.165) is 21.6 Å². The van der Waals surface area contributed by atoms with Gasteiger partial charge in [-0.05, 0) is 54.8 Å². The van der Waals surface area contributed by atoms with E-state index in [9.17, 15) is 9.90 Å². The Labute approximate surface area is 152 Å². The van der Waals surface area contributed by atoms with Gasteiger partial charge in [-0.15, -0.1) is 11.8 Å². The number of aliphatic hydroxyl groups excluding tert-OH is 1. The van der Waals surface area contributed by atoms with Gasteiger partial charge in [-0.3, -0.25) is 0 Å². The zero-order valence-corrected chi connectivity index (χ0v) is 15.6. The van der Waals surface area contributed by atoms with E-state index in [4.69, 9.17) is 15.2 Å². The number of esters is 1. The Balaban J connectivity index is 2.40. The summed E-state index contributed by atoms with van der Waals surface area (Å²) in [5.74, 6) is 0.0153. The Bertz CT molecular complexity index is 746. The van der Waals surface area contributed by atoms with Gasteiger partial charge in [-0.1, -0.05) is 12.1 Å². The highest BCUT2D eigenvalue weighted by molar-refractivity contribution is 7.99. The normalized spacial score (nSPS) is 13.2. The van der Waals surface area contributed by atoms with Crippen LogP contribution in [0.1, 0.15) is 21.9 Å². The van der Waals surface area contributed by atoms with Crippen molar-refractivity contribution in [2.24, 2.45) is 0 Å². The van der Waals surface area contributed by atoms with Gasteiger partial charge in [0.2, 0.25) is 0 Å². The molecule has 3 N–H and O–H groups in total. The summed E-state index contributed by atoms with van der Waals surface area (Å²) in [6, 6.07) is 11.1. The van der Waals surface area contributed by atoms with Gasteiger partial charge < -0.3 is 20.3 Å². The summed E-state index contributed by atoms with van der Waals surface area (Å²) in [6.07, 6.45) is -1.32. The van der Waals surface area contributed by atoms with E-state index in [1.807, 2.05) is 38.1 Å². The number of benzene rings is 2. The van der Waals surface area contributed by atoms with Crippen LogP contribution in [-0.4, -0.2) is 31.4 Å². The largest absolute Gasteiger partial charge is 0.497 e. The molecule has 0 aliphatic carbocycles. The molecule has 0 amide bonds. The Hall–Kier alpha value is -2.18. The minimum Gasteiger partial charge on any atom is -0.497 e. The molecule has 0 heterocycles. The van der Waals surface area contributed by atoms with Crippen LogP contribution in [-0.2, 0) is 9.53 Å². The second kappa shape index (κ2) is 8.27. The number of hydrogen-bond acceptors (Lipinski definition) is 6. The van der Waals surface area contributed by atoms with Crippen molar-refractivity contribution < 1.29 is 19.4 Å². The third-order valence-corrected chi connectivity index (χ3v) is 5.45. The summed E-state index contributed by atoms with van der Waals surface area (Å²) in [7, 11) is 2.84. The highest BCUT2D eigenvalue weighted by atomic mass is 32.2. The fourth-order valence-corrected chi connectivity index (χ4v) is 3.65. The fourth-order valence-electron chi connectivity index (χ4n) is 2.40. The number of carbonyl (C=O) groups is 1. The van der Waals surface area contributed by atoms with Crippen molar-refractivity contribution in [1.82, 2.24) is 0 Å². The molecule has 2 atom stereocenters. The van der Waals surface area contributed by atoms with Crippen LogP contribution in [0.25, 0.3) is 0 Å².